The Hall–Kier alpha value is -1.91. The number of nitrogens with one attached hydrogen (secondary N) is 1. The normalized spacial score (nSPS) is 34.6. The molecule has 4 bridgehead atoms. The Bertz CT molecular complexity index is 716. The Morgan fingerprint density at radius 3 is 2.35 bits per heavy atom. The minimum atomic E-state index is -0.346. The van der Waals surface area contributed by atoms with Crippen molar-refractivity contribution in [3.8, 4) is 0 Å². The van der Waals surface area contributed by atoms with Crippen molar-refractivity contribution >= 4 is 11.8 Å². The largest absolute Gasteiger partial charge is 0.351 e. The van der Waals surface area contributed by atoms with Crippen LogP contribution < -0.4 is 5.32 Å². The predicted octanol–water partition coefficient (Wildman–Crippen LogP) is 3.26. The summed E-state index contributed by atoms with van der Waals surface area (Å²) >= 11 is 0. The van der Waals surface area contributed by atoms with Gasteiger partial charge in [0.1, 0.15) is 5.82 Å². The van der Waals surface area contributed by atoms with Crippen molar-refractivity contribution in [1.29, 1.82) is 0 Å². The van der Waals surface area contributed by atoms with Gasteiger partial charge in [-0.3, -0.25) is 9.59 Å². The van der Waals surface area contributed by atoms with Crippen molar-refractivity contribution in [2.75, 3.05) is 7.05 Å². The molecular weight excluding hydrogens is 331 g/mol. The van der Waals surface area contributed by atoms with Crippen LogP contribution in [0.3, 0.4) is 0 Å². The Kier molecular flexibility index (Phi) is 4.08. The van der Waals surface area contributed by atoms with Gasteiger partial charge < -0.3 is 10.2 Å². The van der Waals surface area contributed by atoms with Crippen LogP contribution in [0.2, 0.25) is 0 Å². The number of halogens is 1. The first kappa shape index (κ1) is 17.5. The first-order chi connectivity index (χ1) is 12.3. The number of hydrogen-bond donors (Lipinski definition) is 1. The summed E-state index contributed by atoms with van der Waals surface area (Å²) in [7, 11) is 1.84. The molecule has 0 unspecified atom stereocenters. The van der Waals surface area contributed by atoms with Crippen molar-refractivity contribution in [3.05, 3.63) is 35.6 Å². The van der Waals surface area contributed by atoms with E-state index in [9.17, 15) is 14.0 Å². The van der Waals surface area contributed by atoms with Crippen LogP contribution in [-0.4, -0.2) is 29.3 Å². The highest BCUT2D eigenvalue weighted by atomic mass is 19.1. The number of carbonyl (C=O) groups is 2. The zero-order valence-electron chi connectivity index (χ0n) is 15.6. The average molecular weight is 358 g/mol. The van der Waals surface area contributed by atoms with Crippen LogP contribution in [0, 0.1) is 23.1 Å². The van der Waals surface area contributed by atoms with Crippen LogP contribution in [0.4, 0.5) is 4.39 Å². The van der Waals surface area contributed by atoms with E-state index in [4.69, 9.17) is 0 Å². The number of nitrogens with zero attached hydrogens (tertiary/aromatic N) is 1. The van der Waals surface area contributed by atoms with E-state index in [2.05, 4.69) is 5.32 Å². The maximum atomic E-state index is 13.4. The number of amides is 2. The van der Waals surface area contributed by atoms with E-state index in [0.717, 1.165) is 37.7 Å². The zero-order valence-corrected chi connectivity index (χ0v) is 15.6. The standard InChI is InChI=1S/C21H27FN2O2/c1-14(25)23-21-10-16-7-17(11-21)9-20(8-16,13-21)19(26)24(2)12-15-3-5-18(22)6-4-15/h3-6,16-17H,7-13H2,1-2H3,(H,23,25)/t16-,17-,20?,21?/m1/s1. The second-order valence-electron chi connectivity index (χ2n) is 8.99. The first-order valence-corrected chi connectivity index (χ1v) is 9.58. The molecule has 2 amide bonds. The molecule has 0 saturated heterocycles. The number of benzene rings is 1. The number of carbonyl (C=O) groups excluding carboxylic acids is 2. The Morgan fingerprint density at radius 1 is 1.15 bits per heavy atom. The van der Waals surface area contributed by atoms with Crippen molar-refractivity contribution in [2.45, 2.75) is 57.5 Å². The molecule has 0 spiro atoms. The van der Waals surface area contributed by atoms with Gasteiger partial charge in [0, 0.05) is 26.1 Å². The van der Waals surface area contributed by atoms with Crippen LogP contribution in [0.25, 0.3) is 0 Å². The fraction of sp³-hybridized carbons (Fsp3) is 0.619. The lowest BCUT2D eigenvalue weighted by Crippen LogP contribution is -2.65. The van der Waals surface area contributed by atoms with Gasteiger partial charge in [0.15, 0.2) is 0 Å². The van der Waals surface area contributed by atoms with Crippen LogP contribution in [-0.2, 0) is 16.1 Å². The van der Waals surface area contributed by atoms with Crippen molar-refractivity contribution < 1.29 is 14.0 Å². The lowest BCUT2D eigenvalue weighted by Gasteiger charge is -2.61. The molecule has 0 aromatic heterocycles. The quantitative estimate of drug-likeness (QED) is 0.898. The van der Waals surface area contributed by atoms with Gasteiger partial charge in [-0.2, -0.15) is 0 Å². The predicted molar refractivity (Wildman–Crippen MR) is 96.5 cm³/mol. The minimum absolute atomic E-state index is 0.00853. The lowest BCUT2D eigenvalue weighted by molar-refractivity contribution is -0.162. The van der Waals surface area contributed by atoms with Crippen molar-refractivity contribution in [1.82, 2.24) is 10.2 Å². The summed E-state index contributed by atoms with van der Waals surface area (Å²) in [6.07, 6.45) is 5.87. The van der Waals surface area contributed by atoms with Crippen molar-refractivity contribution in [3.63, 3.8) is 0 Å². The average Bonchev–Trinajstić information content (AvgIpc) is 2.53. The van der Waals surface area contributed by atoms with E-state index in [1.165, 1.54) is 18.6 Å². The van der Waals surface area contributed by atoms with E-state index in [-0.39, 0.29) is 28.6 Å². The van der Waals surface area contributed by atoms with Gasteiger partial charge in [0.2, 0.25) is 11.8 Å². The lowest BCUT2D eigenvalue weighted by atomic mass is 9.46. The van der Waals surface area contributed by atoms with Crippen molar-refractivity contribution in [2.24, 2.45) is 17.3 Å². The fourth-order valence-corrected chi connectivity index (χ4v) is 6.37. The highest BCUT2D eigenvalue weighted by molar-refractivity contribution is 5.84. The van der Waals surface area contributed by atoms with Gasteiger partial charge in [-0.25, -0.2) is 4.39 Å². The van der Waals surface area contributed by atoms with Gasteiger partial charge in [-0.1, -0.05) is 12.1 Å². The molecule has 4 aliphatic rings. The molecule has 140 valence electrons. The maximum absolute atomic E-state index is 13.4. The Balaban J connectivity index is 1.54. The summed E-state index contributed by atoms with van der Waals surface area (Å²) in [5.41, 5.74) is 0.396. The molecule has 5 rings (SSSR count). The highest BCUT2D eigenvalue weighted by Gasteiger charge is 2.61. The van der Waals surface area contributed by atoms with Crippen LogP contribution >= 0.6 is 0 Å². The summed E-state index contributed by atoms with van der Waals surface area (Å²) in [4.78, 5) is 27.0. The first-order valence-electron chi connectivity index (χ1n) is 9.58. The highest BCUT2D eigenvalue weighted by Crippen LogP contribution is 2.62. The van der Waals surface area contributed by atoms with E-state index < -0.39 is 0 Å². The molecule has 1 aromatic carbocycles. The summed E-state index contributed by atoms with van der Waals surface area (Å²) in [5.74, 6) is 0.999. The summed E-state index contributed by atoms with van der Waals surface area (Å²) in [5, 5.41) is 3.21. The molecule has 5 heteroatoms. The van der Waals surface area contributed by atoms with E-state index in [1.807, 2.05) is 7.05 Å². The van der Waals surface area contributed by atoms with Gasteiger partial charge >= 0.3 is 0 Å². The van der Waals surface area contributed by atoms with Gasteiger partial charge in [-0.05, 0) is 68.1 Å². The third kappa shape index (κ3) is 3.01. The SMILES string of the molecule is CC(=O)NC12C[C@@H]3C[C@@H](C1)CC(C(=O)N(C)Cc1ccc(F)cc1)(C3)C2. The van der Waals surface area contributed by atoms with Crippen LogP contribution in [0.15, 0.2) is 24.3 Å². The van der Waals surface area contributed by atoms with Gasteiger partial charge in [0.05, 0.1) is 5.41 Å². The molecule has 1 aromatic rings. The summed E-state index contributed by atoms with van der Waals surface area (Å²) in [6.45, 7) is 2.07. The number of hydrogen-bond acceptors (Lipinski definition) is 2. The molecule has 1 N–H and O–H groups in total. The topological polar surface area (TPSA) is 49.4 Å². The molecule has 0 heterocycles. The Morgan fingerprint density at radius 2 is 1.77 bits per heavy atom. The Labute approximate surface area is 154 Å². The smallest absolute Gasteiger partial charge is 0.228 e. The van der Waals surface area contributed by atoms with Gasteiger partial charge in [-0.15, -0.1) is 0 Å². The second kappa shape index (κ2) is 6.07. The molecule has 0 aliphatic heterocycles. The number of rotatable bonds is 4. The van der Waals surface area contributed by atoms with E-state index in [0.29, 0.717) is 18.4 Å². The monoisotopic (exact) mass is 358 g/mol. The maximum Gasteiger partial charge on any atom is 0.228 e. The fourth-order valence-electron chi connectivity index (χ4n) is 6.37. The molecule has 4 nitrogen and oxygen atoms in total. The van der Waals surface area contributed by atoms with Crippen LogP contribution in [0.5, 0.6) is 0 Å². The third-order valence-corrected chi connectivity index (χ3v) is 6.64. The molecule has 4 aliphatic carbocycles. The van der Waals surface area contributed by atoms with E-state index >= 15 is 0 Å². The van der Waals surface area contributed by atoms with Gasteiger partial charge in [0.25, 0.3) is 0 Å². The molecular formula is C21H27FN2O2. The second-order valence-corrected chi connectivity index (χ2v) is 8.99. The third-order valence-electron chi connectivity index (χ3n) is 6.64. The van der Waals surface area contributed by atoms with E-state index in [1.54, 1.807) is 24.0 Å². The molecule has 4 fully saturated rings. The minimum Gasteiger partial charge on any atom is -0.351 e. The molecule has 26 heavy (non-hydrogen) atoms. The molecule has 0 radical (unpaired) electrons. The van der Waals surface area contributed by atoms with Crippen LogP contribution in [0.1, 0.15) is 51.0 Å². The summed E-state index contributed by atoms with van der Waals surface area (Å²) < 4.78 is 13.1. The summed E-state index contributed by atoms with van der Waals surface area (Å²) in [6, 6.07) is 6.34. The molecule has 4 saturated carbocycles. The zero-order chi connectivity index (χ0) is 18.5. The molecule has 2 atom stereocenters.